The van der Waals surface area contributed by atoms with E-state index in [0.717, 1.165) is 22.2 Å². The Morgan fingerprint density at radius 1 is 1.08 bits per heavy atom. The molecule has 0 atom stereocenters. The van der Waals surface area contributed by atoms with Crippen molar-refractivity contribution in [3.63, 3.8) is 0 Å². The van der Waals surface area contributed by atoms with Gasteiger partial charge in [0.05, 0.1) is 18.3 Å². The number of halogens is 1. The molecule has 0 unspecified atom stereocenters. The summed E-state index contributed by atoms with van der Waals surface area (Å²) < 4.78 is 22.5. The van der Waals surface area contributed by atoms with E-state index >= 15 is 0 Å². The topological polar surface area (TPSA) is 44.2 Å². The molecule has 0 aliphatic rings. The molecule has 3 aromatic rings. The number of methoxy groups -OCH3 is 1. The fraction of sp³-hybridized carbons (Fsp3) is 0.158. The largest absolute Gasteiger partial charge is 0.491 e. The van der Waals surface area contributed by atoms with Crippen LogP contribution < -0.4 is 9.47 Å². The SMILES string of the molecule is COc1ccc(/C=C/c2ccc3cc(OCCF)ccc3n2)cn1. The third-order valence-electron chi connectivity index (χ3n) is 3.44. The first-order valence-electron chi connectivity index (χ1n) is 7.56. The fourth-order valence-corrected chi connectivity index (χ4v) is 2.25. The molecule has 122 valence electrons. The summed E-state index contributed by atoms with van der Waals surface area (Å²) in [5, 5.41) is 0.953. The Morgan fingerprint density at radius 2 is 2.00 bits per heavy atom. The van der Waals surface area contributed by atoms with Gasteiger partial charge in [-0.2, -0.15) is 0 Å². The van der Waals surface area contributed by atoms with Crippen LogP contribution in [0.2, 0.25) is 0 Å². The van der Waals surface area contributed by atoms with Gasteiger partial charge in [0.15, 0.2) is 0 Å². The molecule has 4 nitrogen and oxygen atoms in total. The highest BCUT2D eigenvalue weighted by atomic mass is 19.1. The van der Waals surface area contributed by atoms with Gasteiger partial charge in [0, 0.05) is 17.6 Å². The highest BCUT2D eigenvalue weighted by Gasteiger charge is 2.00. The Bertz CT molecular complexity index is 848. The summed E-state index contributed by atoms with van der Waals surface area (Å²) in [7, 11) is 1.59. The van der Waals surface area contributed by atoms with Gasteiger partial charge in [0.1, 0.15) is 19.0 Å². The van der Waals surface area contributed by atoms with E-state index in [4.69, 9.17) is 9.47 Å². The summed E-state index contributed by atoms with van der Waals surface area (Å²) >= 11 is 0. The van der Waals surface area contributed by atoms with Crippen LogP contribution in [0.4, 0.5) is 4.39 Å². The zero-order valence-electron chi connectivity index (χ0n) is 13.3. The second-order valence-corrected chi connectivity index (χ2v) is 5.10. The first-order valence-corrected chi connectivity index (χ1v) is 7.56. The Balaban J connectivity index is 1.78. The molecule has 2 aromatic heterocycles. The highest BCUT2D eigenvalue weighted by molar-refractivity contribution is 5.82. The van der Waals surface area contributed by atoms with Gasteiger partial charge >= 0.3 is 0 Å². The molecule has 0 fully saturated rings. The maximum Gasteiger partial charge on any atom is 0.212 e. The number of hydrogen-bond donors (Lipinski definition) is 0. The third kappa shape index (κ3) is 3.87. The van der Waals surface area contributed by atoms with Crippen molar-refractivity contribution in [3.05, 3.63) is 59.9 Å². The molecule has 0 N–H and O–H groups in total. The van der Waals surface area contributed by atoms with Crippen LogP contribution in [0, 0.1) is 0 Å². The van der Waals surface area contributed by atoms with Gasteiger partial charge in [-0.15, -0.1) is 0 Å². The van der Waals surface area contributed by atoms with E-state index < -0.39 is 6.67 Å². The summed E-state index contributed by atoms with van der Waals surface area (Å²) in [5.41, 5.74) is 2.67. The van der Waals surface area contributed by atoms with Crippen LogP contribution in [0.1, 0.15) is 11.3 Å². The second kappa shape index (κ2) is 7.55. The normalized spacial score (nSPS) is 11.1. The molecular weight excluding hydrogens is 307 g/mol. The maximum absolute atomic E-state index is 12.2. The van der Waals surface area contributed by atoms with Crippen molar-refractivity contribution in [3.8, 4) is 11.6 Å². The number of rotatable bonds is 6. The smallest absolute Gasteiger partial charge is 0.212 e. The van der Waals surface area contributed by atoms with Gasteiger partial charge in [-0.1, -0.05) is 12.1 Å². The number of fused-ring (bicyclic) bond motifs is 1. The average molecular weight is 324 g/mol. The molecule has 0 saturated carbocycles. The lowest BCUT2D eigenvalue weighted by molar-refractivity contribution is 0.273. The Morgan fingerprint density at radius 3 is 2.75 bits per heavy atom. The van der Waals surface area contributed by atoms with Crippen LogP contribution in [0.5, 0.6) is 11.6 Å². The first-order chi connectivity index (χ1) is 11.8. The Kier molecular flexibility index (Phi) is 5.01. The quantitative estimate of drug-likeness (QED) is 0.683. The van der Waals surface area contributed by atoms with Crippen LogP contribution in [0.3, 0.4) is 0 Å². The molecule has 5 heteroatoms. The number of alkyl halides is 1. The van der Waals surface area contributed by atoms with Crippen LogP contribution in [-0.2, 0) is 0 Å². The summed E-state index contributed by atoms with van der Waals surface area (Å²) in [6, 6.07) is 13.2. The van der Waals surface area contributed by atoms with E-state index in [1.54, 1.807) is 19.4 Å². The van der Waals surface area contributed by atoms with Gasteiger partial charge in [0.25, 0.3) is 0 Å². The van der Waals surface area contributed by atoms with Gasteiger partial charge in [-0.3, -0.25) is 0 Å². The van der Waals surface area contributed by atoms with E-state index in [9.17, 15) is 4.39 Å². The number of pyridine rings is 2. The predicted molar refractivity (Wildman–Crippen MR) is 92.9 cm³/mol. The van der Waals surface area contributed by atoms with Gasteiger partial charge < -0.3 is 9.47 Å². The van der Waals surface area contributed by atoms with Crippen molar-refractivity contribution >= 4 is 23.1 Å². The van der Waals surface area contributed by atoms with E-state index in [1.165, 1.54) is 0 Å². The monoisotopic (exact) mass is 324 g/mol. The van der Waals surface area contributed by atoms with Crippen LogP contribution in [0.25, 0.3) is 23.1 Å². The van der Waals surface area contributed by atoms with Crippen molar-refractivity contribution in [2.24, 2.45) is 0 Å². The summed E-state index contributed by atoms with van der Waals surface area (Å²) in [5.74, 6) is 1.23. The van der Waals surface area contributed by atoms with E-state index in [2.05, 4.69) is 9.97 Å². The third-order valence-corrected chi connectivity index (χ3v) is 3.44. The molecule has 0 aliphatic heterocycles. The summed E-state index contributed by atoms with van der Waals surface area (Å²) in [6.07, 6.45) is 5.61. The second-order valence-electron chi connectivity index (χ2n) is 5.10. The first kappa shape index (κ1) is 15.9. The van der Waals surface area contributed by atoms with E-state index in [-0.39, 0.29) is 6.61 Å². The molecule has 0 radical (unpaired) electrons. The lowest BCUT2D eigenvalue weighted by atomic mass is 10.1. The van der Waals surface area contributed by atoms with Crippen molar-refractivity contribution in [1.29, 1.82) is 0 Å². The maximum atomic E-state index is 12.2. The minimum atomic E-state index is -0.500. The van der Waals surface area contributed by atoms with Crippen LogP contribution in [0.15, 0.2) is 48.7 Å². The molecule has 0 bridgehead atoms. The van der Waals surface area contributed by atoms with Crippen LogP contribution in [-0.4, -0.2) is 30.4 Å². The van der Waals surface area contributed by atoms with Crippen molar-refractivity contribution < 1.29 is 13.9 Å². The van der Waals surface area contributed by atoms with Crippen molar-refractivity contribution in [1.82, 2.24) is 9.97 Å². The average Bonchev–Trinajstić information content (AvgIpc) is 2.64. The van der Waals surface area contributed by atoms with Gasteiger partial charge in [-0.05, 0) is 42.0 Å². The minimum Gasteiger partial charge on any atom is -0.491 e. The minimum absolute atomic E-state index is 0.0651. The van der Waals surface area contributed by atoms with Gasteiger partial charge in [0.2, 0.25) is 5.88 Å². The Labute approximate surface area is 139 Å². The molecule has 1 aromatic carbocycles. The number of nitrogens with zero attached hydrogens (tertiary/aromatic N) is 2. The molecule has 0 amide bonds. The summed E-state index contributed by atoms with van der Waals surface area (Å²) in [6.45, 7) is -0.435. The lowest BCUT2D eigenvalue weighted by Crippen LogP contribution is -1.98. The zero-order chi connectivity index (χ0) is 16.8. The standard InChI is InChI=1S/C19H17FN2O2/c1-23-19-9-3-14(13-21-19)2-5-16-6-4-15-12-17(24-11-10-20)7-8-18(15)22-16/h2-9,12-13H,10-11H2,1H3/b5-2+. The molecule has 3 rings (SSSR count). The van der Waals surface area contributed by atoms with E-state index in [0.29, 0.717) is 11.6 Å². The lowest BCUT2D eigenvalue weighted by Gasteiger charge is -2.05. The predicted octanol–water partition coefficient (Wildman–Crippen LogP) is 4.16. The van der Waals surface area contributed by atoms with E-state index in [1.807, 2.05) is 48.6 Å². The van der Waals surface area contributed by atoms with Crippen molar-refractivity contribution in [2.45, 2.75) is 0 Å². The van der Waals surface area contributed by atoms with Crippen molar-refractivity contribution in [2.75, 3.05) is 20.4 Å². The van der Waals surface area contributed by atoms with Gasteiger partial charge in [-0.25, -0.2) is 14.4 Å². The van der Waals surface area contributed by atoms with Crippen LogP contribution >= 0.6 is 0 Å². The summed E-state index contributed by atoms with van der Waals surface area (Å²) in [4.78, 5) is 8.74. The molecule has 0 aliphatic carbocycles. The number of aromatic nitrogens is 2. The molecule has 0 saturated heterocycles. The number of ether oxygens (including phenoxy) is 2. The Hall–Kier alpha value is -2.95. The number of benzene rings is 1. The number of hydrogen-bond acceptors (Lipinski definition) is 4. The molecule has 0 spiro atoms. The molecule has 2 heterocycles. The molecule has 24 heavy (non-hydrogen) atoms. The fourth-order valence-electron chi connectivity index (χ4n) is 2.25. The highest BCUT2D eigenvalue weighted by Crippen LogP contribution is 2.20. The zero-order valence-corrected chi connectivity index (χ0v) is 13.3. The molecular formula is C19H17FN2O2.